The van der Waals surface area contributed by atoms with Crippen molar-refractivity contribution in [3.05, 3.63) is 30.3 Å². The van der Waals surface area contributed by atoms with Crippen molar-refractivity contribution < 1.29 is 14.4 Å². The minimum atomic E-state index is -0.655. The van der Waals surface area contributed by atoms with Crippen molar-refractivity contribution in [2.24, 2.45) is 16.5 Å². The first-order chi connectivity index (χ1) is 14.0. The largest absolute Gasteiger partial charge is 0.370 e. The normalized spacial score (nSPS) is 17.0. The first kappa shape index (κ1) is 22.4. The molecule has 2 amide bonds. The van der Waals surface area contributed by atoms with Gasteiger partial charge in [-0.05, 0) is 44.4 Å². The molecule has 0 bridgehead atoms. The molecule has 1 aromatic rings. The number of hydrogen-bond acceptors (Lipinski definition) is 5. The predicted octanol–water partition coefficient (Wildman–Crippen LogP) is -0.101. The van der Waals surface area contributed by atoms with Crippen LogP contribution in [0, 0.1) is 0 Å². The Morgan fingerprint density at radius 1 is 1.28 bits per heavy atom. The van der Waals surface area contributed by atoms with Crippen LogP contribution in [0.2, 0.25) is 0 Å². The summed E-state index contributed by atoms with van der Waals surface area (Å²) in [5.41, 5.74) is 11.2. The zero-order valence-electron chi connectivity index (χ0n) is 16.5. The molecule has 0 unspecified atom stereocenters. The van der Waals surface area contributed by atoms with Crippen molar-refractivity contribution in [3.63, 3.8) is 0 Å². The standard InChI is InChI=1S/C20H30N6O3/c21-20(22)24-12-6-7-15(14-27)25-18(28)13-26(16-8-2-1-3-9-16)19(29)17-10-4-5-11-23-17/h1-3,8-9,14-15,17,23H,4-7,10-13H2,(H,25,28)(H4,21,22,24)/t15-,17+/m0/s1. The Balaban J connectivity index is 1.99. The summed E-state index contributed by atoms with van der Waals surface area (Å²) in [5, 5.41) is 5.91. The molecular weight excluding hydrogens is 372 g/mol. The van der Waals surface area contributed by atoms with Crippen LogP contribution in [0.15, 0.2) is 35.3 Å². The van der Waals surface area contributed by atoms with E-state index < -0.39 is 11.9 Å². The average molecular weight is 402 g/mol. The van der Waals surface area contributed by atoms with E-state index in [4.69, 9.17) is 11.5 Å². The van der Waals surface area contributed by atoms with Crippen LogP contribution in [-0.4, -0.2) is 55.8 Å². The lowest BCUT2D eigenvalue weighted by atomic mass is 10.0. The Labute approximate surface area is 170 Å². The fourth-order valence-electron chi connectivity index (χ4n) is 3.24. The van der Waals surface area contributed by atoms with Gasteiger partial charge in [0.15, 0.2) is 5.96 Å². The number of carbonyl (C=O) groups excluding carboxylic acids is 3. The maximum Gasteiger partial charge on any atom is 0.244 e. The maximum atomic E-state index is 13.0. The van der Waals surface area contributed by atoms with Crippen LogP contribution < -0.4 is 27.0 Å². The summed E-state index contributed by atoms with van der Waals surface area (Å²) in [7, 11) is 0. The molecular formula is C20H30N6O3. The van der Waals surface area contributed by atoms with Gasteiger partial charge in [-0.2, -0.15) is 0 Å². The second kappa shape index (κ2) is 11.8. The van der Waals surface area contributed by atoms with Crippen molar-refractivity contribution in [1.29, 1.82) is 0 Å². The summed E-state index contributed by atoms with van der Waals surface area (Å²) >= 11 is 0. The zero-order chi connectivity index (χ0) is 21.1. The van der Waals surface area contributed by atoms with E-state index in [9.17, 15) is 14.4 Å². The lowest BCUT2D eigenvalue weighted by Gasteiger charge is -2.30. The number of para-hydroxylation sites is 1. The van der Waals surface area contributed by atoms with E-state index in [-0.39, 0.29) is 24.5 Å². The van der Waals surface area contributed by atoms with Crippen LogP contribution in [0.3, 0.4) is 0 Å². The molecule has 0 aliphatic carbocycles. The summed E-state index contributed by atoms with van der Waals surface area (Å²) in [6.45, 7) is 1.01. The summed E-state index contributed by atoms with van der Waals surface area (Å²) in [6.07, 6.45) is 4.40. The number of anilines is 1. The third-order valence-corrected chi connectivity index (χ3v) is 4.72. The van der Waals surface area contributed by atoms with Gasteiger partial charge in [0.25, 0.3) is 0 Å². The van der Waals surface area contributed by atoms with Gasteiger partial charge in [-0.25, -0.2) is 0 Å². The molecule has 1 heterocycles. The minimum absolute atomic E-state index is 0.00924. The third-order valence-electron chi connectivity index (χ3n) is 4.72. The smallest absolute Gasteiger partial charge is 0.244 e. The quantitative estimate of drug-likeness (QED) is 0.186. The molecule has 1 fully saturated rings. The van der Waals surface area contributed by atoms with E-state index >= 15 is 0 Å². The molecule has 2 rings (SSSR count). The van der Waals surface area contributed by atoms with E-state index in [0.29, 0.717) is 31.4 Å². The molecule has 9 nitrogen and oxygen atoms in total. The number of piperidine rings is 1. The van der Waals surface area contributed by atoms with E-state index in [1.807, 2.05) is 18.2 Å². The monoisotopic (exact) mass is 402 g/mol. The Hall–Kier alpha value is -2.94. The molecule has 6 N–H and O–H groups in total. The van der Waals surface area contributed by atoms with Gasteiger partial charge in [-0.1, -0.05) is 24.6 Å². The average Bonchev–Trinajstić information content (AvgIpc) is 2.74. The number of nitrogens with zero attached hydrogens (tertiary/aromatic N) is 2. The summed E-state index contributed by atoms with van der Waals surface area (Å²) in [4.78, 5) is 42.3. The second-order valence-corrected chi connectivity index (χ2v) is 7.02. The van der Waals surface area contributed by atoms with Crippen molar-refractivity contribution >= 4 is 29.7 Å². The van der Waals surface area contributed by atoms with Crippen LogP contribution >= 0.6 is 0 Å². The number of carbonyl (C=O) groups is 3. The first-order valence-corrected chi connectivity index (χ1v) is 9.91. The van der Waals surface area contributed by atoms with Gasteiger partial charge in [0, 0.05) is 12.2 Å². The molecule has 1 aromatic carbocycles. The molecule has 158 valence electrons. The highest BCUT2D eigenvalue weighted by Gasteiger charge is 2.28. The van der Waals surface area contributed by atoms with Gasteiger partial charge in [0.2, 0.25) is 11.8 Å². The van der Waals surface area contributed by atoms with Gasteiger partial charge in [0.05, 0.1) is 12.1 Å². The molecule has 1 aliphatic heterocycles. The Kier molecular flexibility index (Phi) is 9.10. The number of rotatable bonds is 10. The van der Waals surface area contributed by atoms with Gasteiger partial charge in [0.1, 0.15) is 12.8 Å². The highest BCUT2D eigenvalue weighted by Crippen LogP contribution is 2.17. The molecule has 2 atom stereocenters. The predicted molar refractivity (Wildman–Crippen MR) is 112 cm³/mol. The second-order valence-electron chi connectivity index (χ2n) is 7.02. The molecule has 9 heteroatoms. The van der Waals surface area contributed by atoms with Gasteiger partial charge in [-0.15, -0.1) is 0 Å². The molecule has 0 aromatic heterocycles. The molecule has 0 radical (unpaired) electrons. The maximum absolute atomic E-state index is 13.0. The zero-order valence-corrected chi connectivity index (χ0v) is 16.5. The molecule has 1 aliphatic rings. The molecule has 0 spiro atoms. The Morgan fingerprint density at radius 2 is 2.03 bits per heavy atom. The summed E-state index contributed by atoms with van der Waals surface area (Å²) < 4.78 is 0. The number of aldehydes is 1. The van der Waals surface area contributed by atoms with Crippen LogP contribution in [0.25, 0.3) is 0 Å². The minimum Gasteiger partial charge on any atom is -0.370 e. The Bertz CT molecular complexity index is 699. The number of aliphatic imine (C=N–C) groups is 1. The van der Waals surface area contributed by atoms with E-state index in [2.05, 4.69) is 15.6 Å². The van der Waals surface area contributed by atoms with Crippen LogP contribution in [0.1, 0.15) is 32.1 Å². The fourth-order valence-corrected chi connectivity index (χ4v) is 3.24. The van der Waals surface area contributed by atoms with E-state index in [1.54, 1.807) is 12.1 Å². The number of hydrogen-bond donors (Lipinski definition) is 4. The van der Waals surface area contributed by atoms with Crippen molar-refractivity contribution in [2.75, 3.05) is 24.5 Å². The van der Waals surface area contributed by atoms with E-state index in [1.165, 1.54) is 4.90 Å². The number of nitrogens with two attached hydrogens (primary N) is 2. The summed E-state index contributed by atoms with van der Waals surface area (Å²) in [5.74, 6) is -0.538. The van der Waals surface area contributed by atoms with E-state index in [0.717, 1.165) is 25.8 Å². The first-order valence-electron chi connectivity index (χ1n) is 9.91. The summed E-state index contributed by atoms with van der Waals surface area (Å²) in [6, 6.07) is 8.11. The number of benzene rings is 1. The SMILES string of the molecule is NC(N)=NCCC[C@@H](C=O)NC(=O)CN(C(=O)[C@H]1CCCCN1)c1ccccc1. The lowest BCUT2D eigenvalue weighted by Crippen LogP contribution is -2.52. The van der Waals surface area contributed by atoms with Gasteiger partial charge >= 0.3 is 0 Å². The number of amides is 2. The highest BCUT2D eigenvalue weighted by atomic mass is 16.2. The van der Waals surface area contributed by atoms with Crippen LogP contribution in [-0.2, 0) is 14.4 Å². The molecule has 29 heavy (non-hydrogen) atoms. The lowest BCUT2D eigenvalue weighted by molar-refractivity contribution is -0.126. The van der Waals surface area contributed by atoms with Crippen LogP contribution in [0.4, 0.5) is 5.69 Å². The van der Waals surface area contributed by atoms with Crippen molar-refractivity contribution in [3.8, 4) is 0 Å². The topological polar surface area (TPSA) is 143 Å². The van der Waals surface area contributed by atoms with Gasteiger partial charge < -0.3 is 31.8 Å². The number of guanidine groups is 1. The van der Waals surface area contributed by atoms with Gasteiger partial charge in [-0.3, -0.25) is 14.6 Å². The Morgan fingerprint density at radius 3 is 2.66 bits per heavy atom. The number of nitrogens with one attached hydrogen (secondary N) is 2. The fraction of sp³-hybridized carbons (Fsp3) is 0.500. The third kappa shape index (κ3) is 7.53. The van der Waals surface area contributed by atoms with Crippen molar-refractivity contribution in [2.45, 2.75) is 44.2 Å². The molecule has 0 saturated carbocycles. The van der Waals surface area contributed by atoms with Crippen molar-refractivity contribution in [1.82, 2.24) is 10.6 Å². The van der Waals surface area contributed by atoms with Crippen LogP contribution in [0.5, 0.6) is 0 Å². The highest BCUT2D eigenvalue weighted by molar-refractivity contribution is 6.01. The molecule has 1 saturated heterocycles.